The van der Waals surface area contributed by atoms with E-state index >= 15 is 0 Å². The lowest BCUT2D eigenvalue weighted by Gasteiger charge is -2.36. The number of likely N-dealkylation sites (tertiary alicyclic amines) is 1. The van der Waals surface area contributed by atoms with Crippen molar-refractivity contribution in [3.05, 3.63) is 60.6 Å². The van der Waals surface area contributed by atoms with Crippen molar-refractivity contribution in [3.63, 3.8) is 0 Å². The van der Waals surface area contributed by atoms with Crippen molar-refractivity contribution in [2.45, 2.75) is 25.4 Å². The number of rotatable bonds is 8. The third-order valence-electron chi connectivity index (χ3n) is 6.32. The third kappa shape index (κ3) is 6.23. The summed E-state index contributed by atoms with van der Waals surface area (Å²) in [5.74, 6) is 1.78. The first-order valence-electron chi connectivity index (χ1n) is 11.5. The molecular formula is C25H30N4O6S. The standard InChI is InChI=1S/C25H30N4O6S/c1-27(20-7-9-28(10-8-20)15-18-11-22(33-2)14-23(12-18)34-3)25(30)29-16-24(26-17-29)19-5-4-6-21(13-19)35-36(31)32/h4-6,11-14,16-17,20H,7-10,15H2,1-3H3,(H,31,32). The molecule has 2 heterocycles. The van der Waals surface area contributed by atoms with Crippen LogP contribution < -0.4 is 13.7 Å². The Morgan fingerprint density at radius 1 is 1.11 bits per heavy atom. The van der Waals surface area contributed by atoms with Gasteiger partial charge in [0.2, 0.25) is 0 Å². The molecule has 0 radical (unpaired) electrons. The van der Waals surface area contributed by atoms with Crippen LogP contribution in [0, 0.1) is 0 Å². The summed E-state index contributed by atoms with van der Waals surface area (Å²) in [5, 5.41) is 0. The molecule has 0 saturated carbocycles. The Morgan fingerprint density at radius 3 is 2.44 bits per heavy atom. The molecule has 3 aromatic rings. The van der Waals surface area contributed by atoms with Crippen LogP contribution in [0.1, 0.15) is 18.4 Å². The van der Waals surface area contributed by atoms with Crippen molar-refractivity contribution in [1.82, 2.24) is 19.4 Å². The Labute approximate surface area is 212 Å². The minimum Gasteiger partial charge on any atom is -0.497 e. The van der Waals surface area contributed by atoms with E-state index in [9.17, 15) is 9.00 Å². The molecule has 4 rings (SSSR count). The average molecular weight is 515 g/mol. The monoisotopic (exact) mass is 514 g/mol. The maximum atomic E-state index is 13.1. The van der Waals surface area contributed by atoms with Gasteiger partial charge in [-0.2, -0.15) is 4.21 Å². The SMILES string of the molecule is COc1cc(CN2CCC(N(C)C(=O)n3cnc(-c4cccc(OS(=O)O)c4)c3)CC2)cc(OC)c1. The number of amides is 1. The number of benzene rings is 2. The second kappa shape index (κ2) is 11.5. The van der Waals surface area contributed by atoms with Gasteiger partial charge in [-0.1, -0.05) is 12.1 Å². The highest BCUT2D eigenvalue weighted by Crippen LogP contribution is 2.26. The maximum absolute atomic E-state index is 13.1. The van der Waals surface area contributed by atoms with Gasteiger partial charge in [0.05, 0.1) is 19.9 Å². The second-order valence-electron chi connectivity index (χ2n) is 8.62. The number of methoxy groups -OCH3 is 2. The summed E-state index contributed by atoms with van der Waals surface area (Å²) < 4.78 is 36.9. The fraction of sp³-hybridized carbons (Fsp3) is 0.360. The molecule has 1 fully saturated rings. The number of hydrogen-bond acceptors (Lipinski definition) is 7. The highest BCUT2D eigenvalue weighted by Gasteiger charge is 2.26. The number of hydrogen-bond donors (Lipinski definition) is 1. The van der Waals surface area contributed by atoms with E-state index in [2.05, 4.69) is 9.88 Å². The number of piperidine rings is 1. The van der Waals surface area contributed by atoms with Crippen molar-refractivity contribution in [1.29, 1.82) is 0 Å². The first kappa shape index (κ1) is 25.7. The average Bonchev–Trinajstić information content (AvgIpc) is 3.38. The fourth-order valence-electron chi connectivity index (χ4n) is 4.38. The number of carbonyl (C=O) groups excluding carboxylic acids is 1. The van der Waals surface area contributed by atoms with Crippen molar-refractivity contribution < 1.29 is 27.2 Å². The zero-order chi connectivity index (χ0) is 25.7. The minimum absolute atomic E-state index is 0.121. The van der Waals surface area contributed by atoms with Gasteiger partial charge >= 0.3 is 17.4 Å². The lowest BCUT2D eigenvalue weighted by molar-refractivity contribution is 0.131. The molecular weight excluding hydrogens is 484 g/mol. The molecule has 2 aromatic carbocycles. The van der Waals surface area contributed by atoms with Crippen molar-refractivity contribution in [2.24, 2.45) is 0 Å². The van der Waals surface area contributed by atoms with Gasteiger partial charge in [0, 0.05) is 50.6 Å². The molecule has 1 saturated heterocycles. The predicted molar refractivity (Wildman–Crippen MR) is 135 cm³/mol. The molecule has 1 amide bonds. The van der Waals surface area contributed by atoms with E-state index in [1.807, 2.05) is 25.2 Å². The van der Waals surface area contributed by atoms with Crippen LogP contribution in [0.3, 0.4) is 0 Å². The van der Waals surface area contributed by atoms with Gasteiger partial charge in [-0.25, -0.2) is 9.78 Å². The van der Waals surface area contributed by atoms with E-state index in [1.54, 1.807) is 49.6 Å². The van der Waals surface area contributed by atoms with Crippen molar-refractivity contribution >= 4 is 17.4 Å². The molecule has 36 heavy (non-hydrogen) atoms. The first-order chi connectivity index (χ1) is 17.4. The number of nitrogens with zero attached hydrogens (tertiary/aromatic N) is 4. The van der Waals surface area contributed by atoms with Crippen LogP contribution in [0.4, 0.5) is 4.79 Å². The van der Waals surface area contributed by atoms with Crippen LogP contribution in [0.15, 0.2) is 55.0 Å². The smallest absolute Gasteiger partial charge is 0.357 e. The molecule has 0 spiro atoms. The zero-order valence-electron chi connectivity index (χ0n) is 20.5. The van der Waals surface area contributed by atoms with Gasteiger partial charge in [0.25, 0.3) is 0 Å². The van der Waals surface area contributed by atoms with E-state index in [0.29, 0.717) is 11.3 Å². The van der Waals surface area contributed by atoms with Crippen LogP contribution in [0.2, 0.25) is 0 Å². The van der Waals surface area contributed by atoms with Gasteiger partial charge in [0.15, 0.2) is 0 Å². The Kier molecular flexibility index (Phi) is 8.24. The summed E-state index contributed by atoms with van der Waals surface area (Å²) in [6.45, 7) is 2.53. The highest BCUT2D eigenvalue weighted by molar-refractivity contribution is 7.74. The molecule has 0 aliphatic carbocycles. The van der Waals surface area contributed by atoms with Crippen LogP contribution in [-0.4, -0.2) is 74.5 Å². The summed E-state index contributed by atoms with van der Waals surface area (Å²) in [7, 11) is 5.11. The molecule has 192 valence electrons. The largest absolute Gasteiger partial charge is 0.497 e. The van der Waals surface area contributed by atoms with Crippen LogP contribution in [0.5, 0.6) is 17.2 Å². The molecule has 1 atom stereocenters. The Hall–Kier alpha value is -3.41. The quantitative estimate of drug-likeness (QED) is 0.454. The fourth-order valence-corrected chi connectivity index (χ4v) is 4.65. The first-order valence-corrected chi connectivity index (χ1v) is 12.5. The maximum Gasteiger partial charge on any atom is 0.357 e. The third-order valence-corrected chi connectivity index (χ3v) is 6.66. The van der Waals surface area contributed by atoms with Crippen molar-refractivity contribution in [2.75, 3.05) is 34.4 Å². The van der Waals surface area contributed by atoms with Gasteiger partial charge in [-0.05, 0) is 42.7 Å². The van der Waals surface area contributed by atoms with E-state index < -0.39 is 11.4 Å². The molecule has 1 aromatic heterocycles. The van der Waals surface area contributed by atoms with Gasteiger partial charge in [-0.15, -0.1) is 0 Å². The summed E-state index contributed by atoms with van der Waals surface area (Å²) in [6, 6.07) is 12.5. The lowest BCUT2D eigenvalue weighted by atomic mass is 10.0. The summed E-state index contributed by atoms with van der Waals surface area (Å²) in [6.07, 6.45) is 4.86. The molecule has 1 aliphatic heterocycles. The Morgan fingerprint density at radius 2 is 1.81 bits per heavy atom. The predicted octanol–water partition coefficient (Wildman–Crippen LogP) is 3.65. The molecule has 1 unspecified atom stereocenters. The van der Waals surface area contributed by atoms with Gasteiger partial charge < -0.3 is 18.6 Å². The zero-order valence-corrected chi connectivity index (χ0v) is 21.3. The van der Waals surface area contributed by atoms with Crippen LogP contribution in [0.25, 0.3) is 11.3 Å². The summed E-state index contributed by atoms with van der Waals surface area (Å²) >= 11 is -2.41. The van der Waals surface area contributed by atoms with Crippen molar-refractivity contribution in [3.8, 4) is 28.5 Å². The number of ether oxygens (including phenoxy) is 2. The van der Waals surface area contributed by atoms with E-state index in [-0.39, 0.29) is 17.8 Å². The van der Waals surface area contributed by atoms with Crippen LogP contribution >= 0.6 is 0 Å². The number of imidazole rings is 1. The molecule has 11 heteroatoms. The van der Waals surface area contributed by atoms with E-state index in [0.717, 1.165) is 49.5 Å². The van der Waals surface area contributed by atoms with Gasteiger partial charge in [-0.3, -0.25) is 14.0 Å². The molecule has 1 aliphatic rings. The normalized spacial score (nSPS) is 15.3. The topological polar surface area (TPSA) is 106 Å². The molecule has 0 bridgehead atoms. The summed E-state index contributed by atoms with van der Waals surface area (Å²) in [5.41, 5.74) is 2.36. The van der Waals surface area contributed by atoms with E-state index in [4.69, 9.17) is 18.2 Å². The number of carbonyl (C=O) groups is 1. The van der Waals surface area contributed by atoms with Crippen LogP contribution in [-0.2, 0) is 17.9 Å². The summed E-state index contributed by atoms with van der Waals surface area (Å²) in [4.78, 5) is 21.6. The Balaban J connectivity index is 1.35. The molecule has 1 N–H and O–H groups in total. The Bertz CT molecular complexity index is 1200. The minimum atomic E-state index is -2.41. The van der Waals surface area contributed by atoms with Gasteiger partial charge in [0.1, 0.15) is 23.6 Å². The lowest BCUT2D eigenvalue weighted by Crippen LogP contribution is -2.46. The molecule has 10 nitrogen and oxygen atoms in total. The highest BCUT2D eigenvalue weighted by atomic mass is 32.2. The number of aromatic nitrogens is 2. The van der Waals surface area contributed by atoms with E-state index in [1.165, 1.54) is 10.9 Å². The second-order valence-corrected chi connectivity index (χ2v) is 9.22.